The van der Waals surface area contributed by atoms with Crippen LogP contribution in [0.2, 0.25) is 0 Å². The molecule has 0 amide bonds. The monoisotopic (exact) mass is 178 g/mol. The predicted octanol–water partition coefficient (Wildman–Crippen LogP) is -3.86. The number of rotatable bonds is 2. The van der Waals surface area contributed by atoms with Crippen LogP contribution in [0.4, 0.5) is 0 Å². The molecule has 0 atom stereocenters. The third-order valence-corrected chi connectivity index (χ3v) is 0.630. The van der Waals surface area contributed by atoms with Crippen molar-refractivity contribution in [1.82, 2.24) is 0 Å². The molecule has 0 heterocycles. The second kappa shape index (κ2) is 8.11. The Kier molecular flexibility index (Phi) is 10.0. The fourth-order valence-corrected chi connectivity index (χ4v) is 0.281. The molecular formula is C6H5KNO3+. The van der Waals surface area contributed by atoms with Crippen molar-refractivity contribution in [3.63, 3.8) is 0 Å². The number of nitriles is 1. The van der Waals surface area contributed by atoms with E-state index in [2.05, 4.69) is 11.7 Å². The van der Waals surface area contributed by atoms with Crippen LogP contribution in [0.15, 0.2) is 11.8 Å². The molecule has 0 unspecified atom stereocenters. The van der Waals surface area contributed by atoms with E-state index >= 15 is 0 Å². The van der Waals surface area contributed by atoms with Gasteiger partial charge in [0.15, 0.2) is 0 Å². The summed E-state index contributed by atoms with van der Waals surface area (Å²) in [6.45, 7) is 3.07. The average Bonchev–Trinajstić information content (AvgIpc) is 1.89. The Bertz CT molecular complexity index is 194. The smallest absolute Gasteiger partial charge is 0.867 e. The van der Waals surface area contributed by atoms with Crippen LogP contribution in [-0.2, 0) is 9.53 Å². The summed E-state index contributed by atoms with van der Waals surface area (Å²) in [5, 5.41) is 18.3. The summed E-state index contributed by atoms with van der Waals surface area (Å²) in [5.41, 5.74) is 0. The van der Waals surface area contributed by atoms with Crippen molar-refractivity contribution >= 4 is 5.97 Å². The second-order valence-electron chi connectivity index (χ2n) is 1.27. The second-order valence-corrected chi connectivity index (χ2v) is 1.27. The van der Waals surface area contributed by atoms with Crippen LogP contribution in [-0.4, -0.2) is 12.6 Å². The van der Waals surface area contributed by atoms with E-state index in [1.807, 2.05) is 0 Å². The zero-order chi connectivity index (χ0) is 7.98. The molecule has 0 saturated carbocycles. The van der Waals surface area contributed by atoms with Gasteiger partial charge in [-0.25, -0.2) is 4.79 Å². The van der Waals surface area contributed by atoms with Crippen molar-refractivity contribution < 1.29 is 66.0 Å². The number of nitrogens with zero attached hydrogens (tertiary/aromatic N) is 1. The van der Waals surface area contributed by atoms with Gasteiger partial charge in [0, 0.05) is 6.08 Å². The number of hydrogen-bond acceptors (Lipinski definition) is 4. The van der Waals surface area contributed by atoms with Gasteiger partial charge in [-0.3, -0.25) is 0 Å². The number of hydrogen-bond donors (Lipinski definition) is 0. The molecule has 0 aromatic rings. The largest absolute Gasteiger partial charge is 1.00 e. The molecule has 4 nitrogen and oxygen atoms in total. The first-order valence-corrected chi connectivity index (χ1v) is 2.45. The molecule has 0 rings (SSSR count). The zero-order valence-electron chi connectivity index (χ0n) is 6.16. The summed E-state index contributed by atoms with van der Waals surface area (Å²) in [5.74, 6) is -2.00. The van der Waals surface area contributed by atoms with E-state index in [1.165, 1.54) is 6.07 Å². The number of carbonyl (C=O) groups is 1. The molecule has 0 aromatic carbocycles. The molecule has 0 aromatic heterocycles. The van der Waals surface area contributed by atoms with Crippen LogP contribution < -0.4 is 56.5 Å². The molecule has 0 aliphatic carbocycles. The van der Waals surface area contributed by atoms with Crippen LogP contribution in [0.3, 0.4) is 0 Å². The van der Waals surface area contributed by atoms with Gasteiger partial charge in [-0.15, -0.1) is 0 Å². The topological polar surface area (TPSA) is 73.2 Å². The van der Waals surface area contributed by atoms with Crippen LogP contribution in [0.1, 0.15) is 0 Å². The predicted molar refractivity (Wildman–Crippen MR) is 30.0 cm³/mol. The average molecular weight is 178 g/mol. The summed E-state index contributed by atoms with van der Waals surface area (Å²) < 4.78 is 4.17. The standard InChI is InChI=1S/C6H5NO3.K/c1-2-10-6(9)5(8)3-4-7;/h3H,1-2H2;/q;+1/b5-3-;. The van der Waals surface area contributed by atoms with Gasteiger partial charge in [-0.1, -0.05) is 0 Å². The van der Waals surface area contributed by atoms with Crippen molar-refractivity contribution in [2.45, 2.75) is 0 Å². The molecule has 0 aliphatic rings. The van der Waals surface area contributed by atoms with E-state index in [0.29, 0.717) is 6.08 Å². The summed E-state index contributed by atoms with van der Waals surface area (Å²) in [7, 11) is 0. The Hall–Kier alpha value is 0.00636. The van der Waals surface area contributed by atoms with E-state index in [9.17, 15) is 9.90 Å². The minimum absolute atomic E-state index is 0. The Morgan fingerprint density at radius 1 is 1.82 bits per heavy atom. The third-order valence-electron chi connectivity index (χ3n) is 0.630. The van der Waals surface area contributed by atoms with Gasteiger partial charge in [-0.05, 0) is 5.76 Å². The van der Waals surface area contributed by atoms with Crippen molar-refractivity contribution in [3.05, 3.63) is 18.8 Å². The molecule has 11 heavy (non-hydrogen) atoms. The van der Waals surface area contributed by atoms with E-state index in [4.69, 9.17) is 5.26 Å². The van der Waals surface area contributed by atoms with E-state index in [-0.39, 0.29) is 58.0 Å². The van der Waals surface area contributed by atoms with Crippen LogP contribution in [0.5, 0.6) is 0 Å². The minimum Gasteiger partial charge on any atom is -0.867 e. The van der Waals surface area contributed by atoms with Crippen LogP contribution in [0, 0.1) is 18.3 Å². The van der Waals surface area contributed by atoms with Gasteiger partial charge < -0.3 is 9.84 Å². The Morgan fingerprint density at radius 2 is 2.36 bits per heavy atom. The summed E-state index contributed by atoms with van der Waals surface area (Å²) in [6, 6.07) is 1.41. The number of allylic oxidation sites excluding steroid dienone is 1. The van der Waals surface area contributed by atoms with Gasteiger partial charge in [0.2, 0.25) is 6.61 Å². The molecule has 52 valence electrons. The maximum Gasteiger partial charge on any atom is 1.00 e. The van der Waals surface area contributed by atoms with Gasteiger partial charge in [-0.2, -0.15) is 5.26 Å². The Labute approximate surface area is 107 Å². The van der Waals surface area contributed by atoms with Crippen LogP contribution >= 0.6 is 0 Å². The van der Waals surface area contributed by atoms with E-state index in [1.54, 1.807) is 0 Å². The Balaban J connectivity index is 0. The van der Waals surface area contributed by atoms with Gasteiger partial charge in [0.1, 0.15) is 6.92 Å². The molecule has 0 aliphatic heterocycles. The number of esters is 1. The zero-order valence-corrected chi connectivity index (χ0v) is 9.29. The first-order valence-electron chi connectivity index (χ1n) is 2.45. The molecule has 0 N–H and O–H groups in total. The van der Waals surface area contributed by atoms with Crippen molar-refractivity contribution in [2.24, 2.45) is 0 Å². The van der Waals surface area contributed by atoms with E-state index in [0.717, 1.165) is 0 Å². The van der Waals surface area contributed by atoms with Crippen molar-refractivity contribution in [2.75, 3.05) is 6.61 Å². The summed E-state index contributed by atoms with van der Waals surface area (Å²) in [6.07, 6.45) is 0.581. The quantitative estimate of drug-likeness (QED) is 0.108. The molecule has 0 fully saturated rings. The molecular weight excluding hydrogens is 173 g/mol. The molecule has 0 saturated heterocycles. The van der Waals surface area contributed by atoms with Crippen LogP contribution in [0.25, 0.3) is 0 Å². The number of carbonyl (C=O) groups excluding carboxylic acids is 1. The Morgan fingerprint density at radius 3 is 2.73 bits per heavy atom. The minimum atomic E-state index is -1.04. The molecule has 0 radical (unpaired) electrons. The molecule has 0 bridgehead atoms. The maximum absolute atomic E-state index is 10.4. The fraction of sp³-hybridized carbons (Fsp3) is 0.167. The summed E-state index contributed by atoms with van der Waals surface area (Å²) in [4.78, 5) is 10.3. The first-order chi connectivity index (χ1) is 4.72. The SMILES string of the molecule is [CH2+]COC(=O)/C([O-])=C/C#N.[K+]. The van der Waals surface area contributed by atoms with Gasteiger partial charge in [0.25, 0.3) is 0 Å². The molecule has 0 spiro atoms. The first kappa shape index (κ1) is 13.6. The molecule has 5 heteroatoms. The maximum atomic E-state index is 10.4. The van der Waals surface area contributed by atoms with Crippen molar-refractivity contribution in [3.8, 4) is 6.07 Å². The number of ether oxygens (including phenoxy) is 1. The van der Waals surface area contributed by atoms with Crippen molar-refractivity contribution in [1.29, 1.82) is 5.26 Å². The fourth-order valence-electron chi connectivity index (χ4n) is 0.281. The normalized spacial score (nSPS) is 9.18. The van der Waals surface area contributed by atoms with Gasteiger partial charge >= 0.3 is 57.4 Å². The van der Waals surface area contributed by atoms with E-state index < -0.39 is 11.7 Å². The van der Waals surface area contributed by atoms with Gasteiger partial charge in [0.05, 0.1) is 6.07 Å². The summed E-state index contributed by atoms with van der Waals surface area (Å²) >= 11 is 0. The third kappa shape index (κ3) is 6.41.